The Labute approximate surface area is 142 Å². The second-order valence-corrected chi connectivity index (χ2v) is 5.31. The molecule has 7 nitrogen and oxygen atoms in total. The lowest BCUT2D eigenvalue weighted by atomic mass is 9.99. The van der Waals surface area contributed by atoms with Crippen LogP contribution < -0.4 is 10.1 Å². The van der Waals surface area contributed by atoms with Gasteiger partial charge in [-0.25, -0.2) is 0 Å². The topological polar surface area (TPSA) is 111 Å². The zero-order valence-corrected chi connectivity index (χ0v) is 14.4. The number of hydrogen-bond acceptors (Lipinski definition) is 7. The van der Waals surface area contributed by atoms with Crippen LogP contribution in [-0.2, 0) is 11.2 Å². The molecule has 0 bridgehead atoms. The molecule has 1 aromatic rings. The van der Waals surface area contributed by atoms with E-state index in [0.717, 1.165) is 18.5 Å². The Hall–Kier alpha value is -1.22. The molecule has 1 aromatic carbocycles. The van der Waals surface area contributed by atoms with Gasteiger partial charge in [-0.1, -0.05) is 26.0 Å². The molecular weight excluding hydrogens is 314 g/mol. The molecule has 0 aromatic heterocycles. The van der Waals surface area contributed by atoms with Gasteiger partial charge in [0.15, 0.2) is 0 Å². The number of hydrogen-bond donors (Lipinski definition) is 5. The van der Waals surface area contributed by atoms with Gasteiger partial charge in [0.1, 0.15) is 30.2 Å². The highest BCUT2D eigenvalue weighted by Gasteiger charge is 2.44. The number of ether oxygens (including phenoxy) is 2. The minimum atomic E-state index is -1.44. The minimum absolute atomic E-state index is 0.470. The lowest BCUT2D eigenvalue weighted by Gasteiger charge is -2.39. The molecule has 2 rings (SSSR count). The molecular formula is C17H29NO6. The lowest BCUT2D eigenvalue weighted by Crippen LogP contribution is -2.60. The first-order valence-corrected chi connectivity index (χ1v) is 8.27. The number of nitrogens with one attached hydrogen (secondary N) is 1. The summed E-state index contributed by atoms with van der Waals surface area (Å²) < 4.78 is 10.8. The van der Waals surface area contributed by atoms with Crippen LogP contribution in [0.25, 0.3) is 0 Å². The van der Waals surface area contributed by atoms with Crippen molar-refractivity contribution in [3.05, 3.63) is 29.8 Å². The lowest BCUT2D eigenvalue weighted by molar-refractivity contribution is -0.277. The summed E-state index contributed by atoms with van der Waals surface area (Å²) in [6.07, 6.45) is -5.47. The Morgan fingerprint density at radius 2 is 1.67 bits per heavy atom. The van der Waals surface area contributed by atoms with Crippen LogP contribution in [0.1, 0.15) is 19.4 Å². The SMILES string of the molecule is CC.CNCCc1ccc(OC2OC(CO)C(O)C(O)C2O)cc1. The maximum atomic E-state index is 9.90. The van der Waals surface area contributed by atoms with Crippen molar-refractivity contribution in [3.8, 4) is 5.75 Å². The average molecular weight is 343 g/mol. The Bertz CT molecular complexity index is 453. The Kier molecular flexibility index (Phi) is 9.20. The fraction of sp³-hybridized carbons (Fsp3) is 0.647. The number of likely N-dealkylation sites (N-methyl/N-ethyl adjacent to an activating group) is 1. The number of benzene rings is 1. The predicted octanol–water partition coefficient (Wildman–Crippen LogP) is -0.347. The van der Waals surface area contributed by atoms with E-state index in [-0.39, 0.29) is 0 Å². The van der Waals surface area contributed by atoms with E-state index in [2.05, 4.69) is 5.32 Å². The summed E-state index contributed by atoms with van der Waals surface area (Å²) in [7, 11) is 1.89. The highest BCUT2D eigenvalue weighted by molar-refractivity contribution is 5.27. The molecule has 1 saturated heterocycles. The zero-order valence-electron chi connectivity index (χ0n) is 14.4. The molecule has 1 aliphatic heterocycles. The first-order chi connectivity index (χ1) is 11.6. The molecule has 0 amide bonds. The van der Waals surface area contributed by atoms with Crippen LogP contribution in [0, 0.1) is 0 Å². The quantitative estimate of drug-likeness (QED) is 0.480. The Morgan fingerprint density at radius 1 is 1.04 bits per heavy atom. The standard InChI is InChI=1S/C15H23NO6.C2H6/c1-16-7-6-9-2-4-10(5-3-9)21-15-14(20)13(19)12(18)11(8-17)22-15;1-2/h2-5,11-20H,6-8H2,1H3;1-2H3. The first-order valence-electron chi connectivity index (χ1n) is 8.27. The monoisotopic (exact) mass is 343 g/mol. The van der Waals surface area contributed by atoms with Gasteiger partial charge in [-0.3, -0.25) is 0 Å². The van der Waals surface area contributed by atoms with Crippen LogP contribution in [0.4, 0.5) is 0 Å². The maximum Gasteiger partial charge on any atom is 0.229 e. The highest BCUT2D eigenvalue weighted by atomic mass is 16.7. The van der Waals surface area contributed by atoms with E-state index < -0.39 is 37.3 Å². The van der Waals surface area contributed by atoms with Gasteiger partial charge >= 0.3 is 0 Å². The van der Waals surface area contributed by atoms with E-state index in [1.54, 1.807) is 12.1 Å². The van der Waals surface area contributed by atoms with Gasteiger partial charge in [0.25, 0.3) is 0 Å². The molecule has 1 heterocycles. The van der Waals surface area contributed by atoms with E-state index in [9.17, 15) is 15.3 Å². The molecule has 138 valence electrons. The van der Waals surface area contributed by atoms with Gasteiger partial charge < -0.3 is 35.2 Å². The molecule has 0 spiro atoms. The smallest absolute Gasteiger partial charge is 0.229 e. The number of aliphatic hydroxyl groups is 4. The molecule has 1 aliphatic rings. The van der Waals surface area contributed by atoms with Crippen molar-refractivity contribution < 1.29 is 29.9 Å². The first kappa shape index (κ1) is 20.8. The summed E-state index contributed by atoms with van der Waals surface area (Å²) in [6, 6.07) is 7.28. The summed E-state index contributed by atoms with van der Waals surface area (Å²) in [5.41, 5.74) is 1.13. The molecule has 0 aliphatic carbocycles. The van der Waals surface area contributed by atoms with E-state index in [0.29, 0.717) is 5.75 Å². The van der Waals surface area contributed by atoms with Crippen molar-refractivity contribution in [3.63, 3.8) is 0 Å². The Balaban J connectivity index is 0.00000139. The second kappa shape index (κ2) is 10.6. The Morgan fingerprint density at radius 3 is 2.21 bits per heavy atom. The van der Waals surface area contributed by atoms with Crippen LogP contribution >= 0.6 is 0 Å². The molecule has 5 unspecified atom stereocenters. The normalized spacial score (nSPS) is 29.5. The third-order valence-corrected chi connectivity index (χ3v) is 3.69. The molecule has 24 heavy (non-hydrogen) atoms. The minimum Gasteiger partial charge on any atom is -0.462 e. The van der Waals surface area contributed by atoms with Crippen molar-refractivity contribution in [2.45, 2.75) is 51.0 Å². The third-order valence-electron chi connectivity index (χ3n) is 3.69. The fourth-order valence-corrected chi connectivity index (χ4v) is 2.30. The summed E-state index contributed by atoms with van der Waals surface area (Å²) in [4.78, 5) is 0. The second-order valence-electron chi connectivity index (χ2n) is 5.31. The maximum absolute atomic E-state index is 9.90. The van der Waals surface area contributed by atoms with Crippen molar-refractivity contribution in [1.29, 1.82) is 0 Å². The highest BCUT2D eigenvalue weighted by Crippen LogP contribution is 2.24. The van der Waals surface area contributed by atoms with Gasteiger partial charge in [-0.2, -0.15) is 0 Å². The average Bonchev–Trinajstić information content (AvgIpc) is 2.63. The van der Waals surface area contributed by atoms with E-state index in [1.165, 1.54) is 0 Å². The van der Waals surface area contributed by atoms with Crippen LogP contribution in [0.5, 0.6) is 5.75 Å². The van der Waals surface area contributed by atoms with Crippen molar-refractivity contribution >= 4 is 0 Å². The van der Waals surface area contributed by atoms with Gasteiger partial charge in [-0.05, 0) is 37.7 Å². The summed E-state index contributed by atoms with van der Waals surface area (Å²) >= 11 is 0. The van der Waals surface area contributed by atoms with Crippen molar-refractivity contribution in [1.82, 2.24) is 5.32 Å². The van der Waals surface area contributed by atoms with Gasteiger partial charge in [0.05, 0.1) is 6.61 Å². The third kappa shape index (κ3) is 5.41. The number of rotatable bonds is 6. The van der Waals surface area contributed by atoms with E-state index in [4.69, 9.17) is 14.6 Å². The van der Waals surface area contributed by atoms with E-state index in [1.807, 2.05) is 33.0 Å². The zero-order chi connectivity index (χ0) is 18.1. The molecule has 5 atom stereocenters. The largest absolute Gasteiger partial charge is 0.462 e. The summed E-state index contributed by atoms with van der Waals surface area (Å²) in [5.74, 6) is 0.470. The molecule has 5 N–H and O–H groups in total. The molecule has 0 saturated carbocycles. The van der Waals surface area contributed by atoms with Gasteiger partial charge in [0, 0.05) is 0 Å². The van der Waals surface area contributed by atoms with Crippen LogP contribution in [0.2, 0.25) is 0 Å². The van der Waals surface area contributed by atoms with Crippen molar-refractivity contribution in [2.75, 3.05) is 20.2 Å². The van der Waals surface area contributed by atoms with Crippen molar-refractivity contribution in [2.24, 2.45) is 0 Å². The fourth-order valence-electron chi connectivity index (χ4n) is 2.30. The predicted molar refractivity (Wildman–Crippen MR) is 89.8 cm³/mol. The van der Waals surface area contributed by atoms with Gasteiger partial charge in [-0.15, -0.1) is 0 Å². The molecule has 7 heteroatoms. The van der Waals surface area contributed by atoms with Gasteiger partial charge in [0.2, 0.25) is 6.29 Å². The van der Waals surface area contributed by atoms with Crippen LogP contribution in [-0.4, -0.2) is 71.3 Å². The molecule has 1 fully saturated rings. The number of aliphatic hydroxyl groups excluding tert-OH is 4. The van der Waals surface area contributed by atoms with Crippen LogP contribution in [0.15, 0.2) is 24.3 Å². The van der Waals surface area contributed by atoms with E-state index >= 15 is 0 Å². The van der Waals surface area contributed by atoms with Crippen LogP contribution in [0.3, 0.4) is 0 Å². The molecule has 0 radical (unpaired) electrons. The summed E-state index contributed by atoms with van der Waals surface area (Å²) in [6.45, 7) is 4.39. The summed E-state index contributed by atoms with van der Waals surface area (Å²) in [5, 5.41) is 41.5.